The van der Waals surface area contributed by atoms with Crippen molar-refractivity contribution in [2.24, 2.45) is 0 Å². The molecule has 0 saturated heterocycles. The minimum Gasteiger partial charge on any atom is -0.206 e. The summed E-state index contributed by atoms with van der Waals surface area (Å²) in [7, 11) is 0. The average Bonchev–Trinajstić information content (AvgIpc) is 2.90. The van der Waals surface area contributed by atoms with Crippen LogP contribution in [-0.2, 0) is 5.41 Å². The first kappa shape index (κ1) is 8.25. The number of benzene rings is 1. The predicted octanol–water partition coefficient (Wildman–Crippen LogP) is 2.69. The summed E-state index contributed by atoms with van der Waals surface area (Å²) in [4.78, 5) is 0. The first-order chi connectivity index (χ1) is 6.19. The van der Waals surface area contributed by atoms with Gasteiger partial charge in [-0.15, -0.1) is 0 Å². The normalized spacial score (nSPS) is 17.9. The van der Waals surface area contributed by atoms with E-state index in [4.69, 9.17) is 5.26 Å². The van der Waals surface area contributed by atoms with E-state index in [-0.39, 0.29) is 5.82 Å². The number of halogens is 1. The van der Waals surface area contributed by atoms with Crippen molar-refractivity contribution in [1.82, 2.24) is 0 Å². The summed E-state index contributed by atoms with van der Waals surface area (Å²) in [6.07, 6.45) is 1.59. The Kier molecular flexibility index (Phi) is 1.63. The van der Waals surface area contributed by atoms with E-state index < -0.39 is 5.41 Å². The average molecular weight is 175 g/mol. The van der Waals surface area contributed by atoms with Crippen LogP contribution in [0.2, 0.25) is 0 Å². The standard InChI is InChI=1S/C11H10FN/c1-8-3-2-4-9(10(8)12)11(7-13)5-6-11/h2-4H,5-6H2,1H3. The quantitative estimate of drug-likeness (QED) is 0.643. The lowest BCUT2D eigenvalue weighted by Gasteiger charge is -2.08. The van der Waals surface area contributed by atoms with E-state index in [0.717, 1.165) is 12.8 Å². The van der Waals surface area contributed by atoms with Crippen LogP contribution in [-0.4, -0.2) is 0 Å². The zero-order chi connectivity index (χ0) is 9.47. The minimum atomic E-state index is -0.504. The third-order valence-corrected chi connectivity index (χ3v) is 2.67. The lowest BCUT2D eigenvalue weighted by molar-refractivity contribution is 0.590. The van der Waals surface area contributed by atoms with Gasteiger partial charge in [-0.05, 0) is 25.3 Å². The zero-order valence-electron chi connectivity index (χ0n) is 7.47. The van der Waals surface area contributed by atoms with Gasteiger partial charge in [0.25, 0.3) is 0 Å². The molecule has 0 unspecified atom stereocenters. The second-order valence-electron chi connectivity index (χ2n) is 3.63. The van der Waals surface area contributed by atoms with Gasteiger partial charge in [-0.2, -0.15) is 5.26 Å². The second-order valence-corrected chi connectivity index (χ2v) is 3.63. The largest absolute Gasteiger partial charge is 0.206 e. The molecule has 0 atom stereocenters. The molecule has 0 aromatic heterocycles. The van der Waals surface area contributed by atoms with E-state index in [0.29, 0.717) is 11.1 Å². The Bertz CT molecular complexity index is 386. The molecule has 1 nitrogen and oxygen atoms in total. The van der Waals surface area contributed by atoms with Crippen LogP contribution in [0.15, 0.2) is 18.2 Å². The Labute approximate surface area is 76.8 Å². The van der Waals surface area contributed by atoms with Crippen LogP contribution in [0, 0.1) is 24.1 Å². The molecular formula is C11H10FN. The van der Waals surface area contributed by atoms with Crippen LogP contribution in [0.4, 0.5) is 4.39 Å². The predicted molar refractivity (Wildman–Crippen MR) is 47.7 cm³/mol. The van der Waals surface area contributed by atoms with Crippen molar-refractivity contribution < 1.29 is 4.39 Å². The van der Waals surface area contributed by atoms with Crippen LogP contribution >= 0.6 is 0 Å². The summed E-state index contributed by atoms with van der Waals surface area (Å²) in [5.74, 6) is -0.207. The highest BCUT2D eigenvalue weighted by Gasteiger charge is 2.46. The number of rotatable bonds is 1. The molecule has 2 rings (SSSR count). The summed E-state index contributed by atoms with van der Waals surface area (Å²) in [6.45, 7) is 1.73. The van der Waals surface area contributed by atoms with Crippen LogP contribution in [0.25, 0.3) is 0 Å². The van der Waals surface area contributed by atoms with Gasteiger partial charge in [-0.25, -0.2) is 4.39 Å². The molecule has 0 bridgehead atoms. The molecule has 0 amide bonds. The van der Waals surface area contributed by atoms with Crippen LogP contribution in [0.3, 0.4) is 0 Å². The number of hydrogen-bond donors (Lipinski definition) is 0. The first-order valence-corrected chi connectivity index (χ1v) is 4.36. The minimum absolute atomic E-state index is 0.207. The SMILES string of the molecule is Cc1cccc(C2(C#N)CC2)c1F. The number of nitrogens with zero attached hydrogens (tertiary/aromatic N) is 1. The summed E-state index contributed by atoms with van der Waals surface area (Å²) in [6, 6.07) is 7.46. The third kappa shape index (κ3) is 1.12. The fourth-order valence-corrected chi connectivity index (χ4v) is 1.58. The molecule has 1 aromatic carbocycles. The molecule has 1 saturated carbocycles. The van der Waals surface area contributed by atoms with Crippen LogP contribution < -0.4 is 0 Å². The van der Waals surface area contributed by atoms with E-state index >= 15 is 0 Å². The molecule has 0 heterocycles. The lowest BCUT2D eigenvalue weighted by Crippen LogP contribution is -2.06. The molecule has 2 heteroatoms. The van der Waals surface area contributed by atoms with E-state index in [1.54, 1.807) is 19.1 Å². The van der Waals surface area contributed by atoms with Gasteiger partial charge in [0, 0.05) is 5.56 Å². The first-order valence-electron chi connectivity index (χ1n) is 4.36. The van der Waals surface area contributed by atoms with Gasteiger partial charge in [0.2, 0.25) is 0 Å². The van der Waals surface area contributed by atoms with Gasteiger partial charge >= 0.3 is 0 Å². The second kappa shape index (κ2) is 2.56. The van der Waals surface area contributed by atoms with Crippen LogP contribution in [0.5, 0.6) is 0 Å². The van der Waals surface area contributed by atoms with Crippen molar-refractivity contribution in [2.45, 2.75) is 25.2 Å². The molecule has 0 aliphatic heterocycles. The lowest BCUT2D eigenvalue weighted by atomic mass is 9.95. The molecular weight excluding hydrogens is 165 g/mol. The summed E-state index contributed by atoms with van der Waals surface area (Å²) in [5.41, 5.74) is 0.699. The molecule has 1 aliphatic carbocycles. The van der Waals surface area contributed by atoms with Crippen LogP contribution in [0.1, 0.15) is 24.0 Å². The smallest absolute Gasteiger partial charge is 0.130 e. The number of aryl methyl sites for hydroxylation is 1. The van der Waals surface area contributed by atoms with Crippen molar-refractivity contribution >= 4 is 0 Å². The molecule has 0 radical (unpaired) electrons. The maximum Gasteiger partial charge on any atom is 0.130 e. The Hall–Kier alpha value is -1.36. The maximum absolute atomic E-state index is 13.6. The van der Waals surface area contributed by atoms with Crippen molar-refractivity contribution in [3.8, 4) is 6.07 Å². The van der Waals surface area contributed by atoms with E-state index in [2.05, 4.69) is 6.07 Å². The van der Waals surface area contributed by atoms with Gasteiger partial charge in [-0.1, -0.05) is 18.2 Å². The number of nitriles is 1. The van der Waals surface area contributed by atoms with E-state index in [1.807, 2.05) is 6.07 Å². The van der Waals surface area contributed by atoms with Crippen molar-refractivity contribution in [1.29, 1.82) is 5.26 Å². The van der Waals surface area contributed by atoms with Gasteiger partial charge in [0.15, 0.2) is 0 Å². The van der Waals surface area contributed by atoms with Gasteiger partial charge < -0.3 is 0 Å². The zero-order valence-corrected chi connectivity index (χ0v) is 7.47. The molecule has 0 N–H and O–H groups in total. The summed E-state index contributed by atoms with van der Waals surface area (Å²) < 4.78 is 13.6. The van der Waals surface area contributed by atoms with Crippen molar-refractivity contribution in [3.63, 3.8) is 0 Å². The third-order valence-electron chi connectivity index (χ3n) is 2.67. The van der Waals surface area contributed by atoms with Gasteiger partial charge in [0.1, 0.15) is 5.82 Å². The molecule has 0 spiro atoms. The molecule has 1 aromatic rings. The number of hydrogen-bond acceptors (Lipinski definition) is 1. The Morgan fingerprint density at radius 2 is 2.15 bits per heavy atom. The van der Waals surface area contributed by atoms with Crippen molar-refractivity contribution in [3.05, 3.63) is 35.1 Å². The van der Waals surface area contributed by atoms with Gasteiger partial charge in [-0.3, -0.25) is 0 Å². The Morgan fingerprint density at radius 3 is 2.69 bits per heavy atom. The monoisotopic (exact) mass is 175 g/mol. The molecule has 66 valence electrons. The highest BCUT2D eigenvalue weighted by Crippen LogP contribution is 2.48. The Morgan fingerprint density at radius 1 is 1.46 bits per heavy atom. The van der Waals surface area contributed by atoms with E-state index in [1.165, 1.54) is 0 Å². The molecule has 13 heavy (non-hydrogen) atoms. The van der Waals surface area contributed by atoms with E-state index in [9.17, 15) is 4.39 Å². The van der Waals surface area contributed by atoms with Gasteiger partial charge in [0.05, 0.1) is 11.5 Å². The fraction of sp³-hybridized carbons (Fsp3) is 0.364. The maximum atomic E-state index is 13.6. The highest BCUT2D eigenvalue weighted by atomic mass is 19.1. The topological polar surface area (TPSA) is 23.8 Å². The van der Waals surface area contributed by atoms with Crippen molar-refractivity contribution in [2.75, 3.05) is 0 Å². The highest BCUT2D eigenvalue weighted by molar-refractivity contribution is 5.41. The molecule has 1 fully saturated rings. The summed E-state index contributed by atoms with van der Waals surface area (Å²) in [5, 5.41) is 8.91. The fourth-order valence-electron chi connectivity index (χ4n) is 1.58. The summed E-state index contributed by atoms with van der Waals surface area (Å²) >= 11 is 0. The Balaban J connectivity index is 2.54. The molecule has 1 aliphatic rings.